The highest BCUT2D eigenvalue weighted by Crippen LogP contribution is 2.70. The Labute approximate surface area is 178 Å². The van der Waals surface area contributed by atoms with Gasteiger partial charge >= 0.3 is 0 Å². The Kier molecular flexibility index (Phi) is 3.64. The van der Waals surface area contributed by atoms with Crippen molar-refractivity contribution in [3.8, 4) is 17.6 Å². The van der Waals surface area contributed by atoms with Crippen molar-refractivity contribution < 1.29 is 19.1 Å². The summed E-state index contributed by atoms with van der Waals surface area (Å²) in [7, 11) is 4.45. The Morgan fingerprint density at radius 1 is 1.25 bits per heavy atom. The van der Waals surface area contributed by atoms with Gasteiger partial charge in [-0.1, -0.05) is 37.5 Å². The van der Waals surface area contributed by atoms with Gasteiger partial charge in [-0.25, -0.2) is 0 Å². The molecule has 5 heterocycles. The Balaban J connectivity index is 1.78. The van der Waals surface area contributed by atoms with Gasteiger partial charge in [-0.3, -0.25) is 9.59 Å². The second kappa shape index (κ2) is 5.52. The van der Waals surface area contributed by atoms with Gasteiger partial charge in [0.05, 0.1) is 17.5 Å². The van der Waals surface area contributed by atoms with E-state index in [2.05, 4.69) is 22.0 Å². The van der Waals surface area contributed by atoms with Crippen LogP contribution in [0.3, 0.4) is 0 Å². The first-order valence-corrected chi connectivity index (χ1v) is 11.6. The third-order valence-electron chi connectivity index (χ3n) is 6.15. The van der Waals surface area contributed by atoms with Crippen LogP contribution in [0.5, 0.6) is 11.5 Å². The normalized spacial score (nSPS) is 38.0. The van der Waals surface area contributed by atoms with Crippen molar-refractivity contribution in [1.29, 1.82) is 5.26 Å². The van der Waals surface area contributed by atoms with E-state index >= 15 is 0 Å². The van der Waals surface area contributed by atoms with Crippen LogP contribution in [0.4, 0.5) is 0 Å². The topological polar surface area (TPSA) is 82.9 Å². The maximum absolute atomic E-state index is 13.6. The van der Waals surface area contributed by atoms with E-state index in [1.807, 2.05) is 13.0 Å². The molecule has 1 unspecified atom stereocenters. The van der Waals surface area contributed by atoms with Crippen LogP contribution in [0.15, 0.2) is 16.6 Å². The monoisotopic (exact) mass is 481 g/mol. The summed E-state index contributed by atoms with van der Waals surface area (Å²) < 4.78 is 12.0. The van der Waals surface area contributed by atoms with Gasteiger partial charge in [-0.05, 0) is 26.0 Å². The highest BCUT2D eigenvalue weighted by molar-refractivity contribution is 9.10. The zero-order chi connectivity index (χ0) is 20.1. The van der Waals surface area contributed by atoms with Crippen LogP contribution in [0.25, 0.3) is 0 Å². The lowest BCUT2D eigenvalue weighted by molar-refractivity contribution is -0.164. The lowest BCUT2D eigenvalue weighted by atomic mass is 9.79. The molecule has 28 heavy (non-hydrogen) atoms. The fourth-order valence-corrected chi connectivity index (χ4v) is 8.69. The summed E-state index contributed by atoms with van der Waals surface area (Å²) in [4.78, 5) is 28.1. The molecule has 0 N–H and O–H groups in total. The van der Waals surface area contributed by atoms with Crippen LogP contribution in [0.2, 0.25) is 0 Å². The number of carbonyl (C=O) groups is 2. The smallest absolute Gasteiger partial charge is 0.261 e. The van der Waals surface area contributed by atoms with E-state index in [-0.39, 0.29) is 25.0 Å². The van der Waals surface area contributed by atoms with Crippen molar-refractivity contribution in [3.05, 3.63) is 22.2 Å². The van der Waals surface area contributed by atoms with Crippen LogP contribution in [-0.4, -0.2) is 45.2 Å². The molecule has 1 aromatic rings. The highest BCUT2D eigenvalue weighted by Gasteiger charge is 2.75. The van der Waals surface area contributed by atoms with Crippen molar-refractivity contribution in [2.45, 2.75) is 36.1 Å². The standard InChI is InChI=1S/C18H16BrN3O4S2/c1-16(7-20)6-18-15(24)21(3)17(2,27-28-18)14(23)22(18)13(16)11-9(19)4-5-10-12(11)26-8-25-10/h4-5,13H,6,8H2,1-3H3/t13-,16+,17?,18+/m0/s1. The fraction of sp³-hybridized carbons (Fsp3) is 0.500. The summed E-state index contributed by atoms with van der Waals surface area (Å²) >= 11 is 3.58. The molecule has 5 aliphatic rings. The number of nitriles is 1. The Morgan fingerprint density at radius 3 is 2.71 bits per heavy atom. The largest absolute Gasteiger partial charge is 0.454 e. The molecule has 0 saturated carbocycles. The third kappa shape index (κ3) is 1.93. The summed E-state index contributed by atoms with van der Waals surface area (Å²) in [5.74, 6) is 0.801. The van der Waals surface area contributed by atoms with Crippen molar-refractivity contribution in [1.82, 2.24) is 9.80 Å². The number of hydrogen-bond acceptors (Lipinski definition) is 7. The number of piperazine rings is 1. The molecule has 4 atom stereocenters. The number of nitrogens with zero attached hydrogens (tertiary/aromatic N) is 3. The molecule has 146 valence electrons. The van der Waals surface area contributed by atoms with Crippen molar-refractivity contribution >= 4 is 49.3 Å². The van der Waals surface area contributed by atoms with Crippen LogP contribution in [-0.2, 0) is 9.59 Å². The molecular formula is C18H16BrN3O4S2. The highest BCUT2D eigenvalue weighted by atomic mass is 79.9. The minimum absolute atomic E-state index is 0.0812. The number of halogens is 1. The predicted molar refractivity (Wildman–Crippen MR) is 107 cm³/mol. The molecule has 4 fully saturated rings. The third-order valence-corrected chi connectivity index (χ3v) is 10.5. The van der Waals surface area contributed by atoms with E-state index in [0.29, 0.717) is 17.1 Å². The SMILES string of the molecule is CN1C(=O)[C@]23C[C@](C)(C#N)[C@H](c4c(Br)ccc5c4OCO5)N2C(=O)C1(C)SS3. The molecule has 2 amide bonds. The van der Waals surface area contributed by atoms with E-state index in [9.17, 15) is 14.9 Å². The lowest BCUT2D eigenvalue weighted by Crippen LogP contribution is -2.73. The summed E-state index contributed by atoms with van der Waals surface area (Å²) in [5, 5.41) is 10.2. The molecular weight excluding hydrogens is 466 g/mol. The summed E-state index contributed by atoms with van der Waals surface area (Å²) in [6, 6.07) is 5.39. The average Bonchev–Trinajstić information content (AvgIpc) is 3.24. The van der Waals surface area contributed by atoms with Gasteiger partial charge < -0.3 is 19.3 Å². The summed E-state index contributed by atoms with van der Waals surface area (Å²) in [6.45, 7) is 3.66. The second-order valence-corrected chi connectivity index (χ2v) is 11.4. The number of rotatable bonds is 1. The number of ether oxygens (including phenoxy) is 2. The number of likely N-dealkylation sites (N-methyl/N-ethyl adjacent to an activating group) is 1. The maximum Gasteiger partial charge on any atom is 0.261 e. The average molecular weight is 482 g/mol. The van der Waals surface area contributed by atoms with Gasteiger partial charge in [0.15, 0.2) is 21.2 Å². The summed E-state index contributed by atoms with van der Waals surface area (Å²) in [5.41, 5.74) is -0.291. The van der Waals surface area contributed by atoms with E-state index in [4.69, 9.17) is 9.47 Å². The Morgan fingerprint density at radius 2 is 2.00 bits per heavy atom. The first-order valence-electron chi connectivity index (χ1n) is 8.68. The minimum Gasteiger partial charge on any atom is -0.454 e. The van der Waals surface area contributed by atoms with Gasteiger partial charge in [0.1, 0.15) is 0 Å². The molecule has 1 aromatic carbocycles. The van der Waals surface area contributed by atoms with E-state index < -0.39 is 21.2 Å². The zero-order valence-corrected chi connectivity index (χ0v) is 18.5. The zero-order valence-electron chi connectivity index (χ0n) is 15.3. The van der Waals surface area contributed by atoms with E-state index in [1.165, 1.54) is 26.5 Å². The van der Waals surface area contributed by atoms with Gasteiger partial charge in [-0.15, -0.1) is 0 Å². The predicted octanol–water partition coefficient (Wildman–Crippen LogP) is 3.26. The van der Waals surface area contributed by atoms with Gasteiger partial charge in [0.25, 0.3) is 11.8 Å². The number of carbonyl (C=O) groups excluding carboxylic acids is 2. The Hall–Kier alpha value is -1.57. The lowest BCUT2D eigenvalue weighted by Gasteiger charge is -2.57. The number of amides is 2. The molecule has 5 aliphatic heterocycles. The molecule has 1 spiro atoms. The fourth-order valence-electron chi connectivity index (χ4n) is 4.58. The number of fused-ring (bicyclic) bond motifs is 3. The van der Waals surface area contributed by atoms with E-state index in [0.717, 1.165) is 4.47 Å². The van der Waals surface area contributed by atoms with Crippen molar-refractivity contribution in [3.63, 3.8) is 0 Å². The molecule has 0 aromatic heterocycles. The number of hydrogen-bond donors (Lipinski definition) is 0. The van der Waals surface area contributed by atoms with Crippen LogP contribution >= 0.6 is 37.5 Å². The van der Waals surface area contributed by atoms with Crippen molar-refractivity contribution in [2.75, 3.05) is 13.8 Å². The van der Waals surface area contributed by atoms with Crippen LogP contribution < -0.4 is 9.47 Å². The molecule has 0 radical (unpaired) electrons. The Bertz CT molecular complexity index is 1000. The number of benzene rings is 1. The van der Waals surface area contributed by atoms with Gasteiger partial charge in [0.2, 0.25) is 6.79 Å². The quantitative estimate of drug-likeness (QED) is 0.569. The first-order chi connectivity index (χ1) is 13.2. The van der Waals surface area contributed by atoms with E-state index in [1.54, 1.807) is 24.9 Å². The van der Waals surface area contributed by atoms with Crippen LogP contribution in [0, 0.1) is 16.7 Å². The van der Waals surface area contributed by atoms with Crippen molar-refractivity contribution in [2.24, 2.45) is 5.41 Å². The maximum atomic E-state index is 13.6. The summed E-state index contributed by atoms with van der Waals surface area (Å²) in [6.07, 6.45) is 0.251. The molecule has 6 rings (SSSR count). The molecule has 7 nitrogen and oxygen atoms in total. The molecule has 2 bridgehead atoms. The van der Waals surface area contributed by atoms with Gasteiger partial charge in [0, 0.05) is 23.5 Å². The van der Waals surface area contributed by atoms with Crippen LogP contribution in [0.1, 0.15) is 31.9 Å². The van der Waals surface area contributed by atoms with Gasteiger partial charge in [-0.2, -0.15) is 5.26 Å². The first kappa shape index (κ1) is 18.5. The second-order valence-electron chi connectivity index (χ2n) is 7.78. The molecule has 0 aliphatic carbocycles. The minimum atomic E-state index is -1.11. The molecule has 4 saturated heterocycles. The molecule has 10 heteroatoms.